The van der Waals surface area contributed by atoms with Crippen molar-refractivity contribution in [3.8, 4) is 16.8 Å². The van der Waals surface area contributed by atoms with Gasteiger partial charge in [0.05, 0.1) is 43.0 Å². The molecule has 12 nitrogen and oxygen atoms in total. The second kappa shape index (κ2) is 12.4. The summed E-state index contributed by atoms with van der Waals surface area (Å²) in [6.45, 7) is 7.92. The molecule has 14 heteroatoms. The smallest absolute Gasteiger partial charge is 0.333 e. The highest BCUT2D eigenvalue weighted by atomic mass is 79.9. The van der Waals surface area contributed by atoms with Crippen LogP contribution in [-0.4, -0.2) is 54.0 Å². The molecule has 3 aromatic heterocycles. The van der Waals surface area contributed by atoms with Crippen LogP contribution in [0.4, 0.5) is 0 Å². The van der Waals surface area contributed by atoms with Crippen molar-refractivity contribution < 1.29 is 19.7 Å². The summed E-state index contributed by atoms with van der Waals surface area (Å²) in [6.07, 6.45) is 3.44. The van der Waals surface area contributed by atoms with Crippen LogP contribution in [0.25, 0.3) is 15.2 Å². The van der Waals surface area contributed by atoms with E-state index in [0.717, 1.165) is 14.6 Å². The first-order valence-electron chi connectivity index (χ1n) is 12.4. The monoisotopic (exact) mass is 646 g/mol. The molecule has 0 unspecified atom stereocenters. The SMILES string of the molecule is CC(C)(C#N)CO.COc1ccc(Br)cc1CCn1c(=O)n(C(C)(C)C(=O)O)c(=O)c2c(C)c(-n3nccn3)sc21. The lowest BCUT2D eigenvalue weighted by molar-refractivity contribution is -0.146. The highest BCUT2D eigenvalue weighted by molar-refractivity contribution is 9.10. The molecule has 0 aliphatic rings. The van der Waals surface area contributed by atoms with E-state index in [1.165, 1.54) is 46.9 Å². The van der Waals surface area contributed by atoms with Gasteiger partial charge in [0.1, 0.15) is 21.1 Å². The van der Waals surface area contributed by atoms with Gasteiger partial charge >= 0.3 is 11.7 Å². The number of aliphatic hydroxyl groups excluding tert-OH is 1. The molecule has 1 aromatic carbocycles. The van der Waals surface area contributed by atoms with Gasteiger partial charge in [-0.25, -0.2) is 14.2 Å². The maximum atomic E-state index is 13.6. The topological polar surface area (TPSA) is 165 Å². The Morgan fingerprint density at radius 2 is 1.83 bits per heavy atom. The van der Waals surface area contributed by atoms with Gasteiger partial charge in [0.2, 0.25) is 0 Å². The molecule has 4 rings (SSSR count). The molecule has 0 radical (unpaired) electrons. The molecule has 41 heavy (non-hydrogen) atoms. The summed E-state index contributed by atoms with van der Waals surface area (Å²) in [4.78, 5) is 40.9. The second-order valence-electron chi connectivity index (χ2n) is 10.3. The predicted molar refractivity (Wildman–Crippen MR) is 158 cm³/mol. The Hall–Kier alpha value is -3.80. The van der Waals surface area contributed by atoms with Gasteiger partial charge in [0, 0.05) is 16.6 Å². The number of rotatable bonds is 8. The Bertz CT molecular complexity index is 1730. The van der Waals surface area contributed by atoms with Crippen LogP contribution in [0.3, 0.4) is 0 Å². The Kier molecular flexibility index (Phi) is 9.58. The molecule has 0 amide bonds. The molecule has 0 saturated heterocycles. The minimum absolute atomic E-state index is 0.0660. The van der Waals surface area contributed by atoms with Crippen molar-refractivity contribution in [2.24, 2.45) is 5.41 Å². The Balaban J connectivity index is 0.000000587. The third kappa shape index (κ3) is 6.42. The molecule has 4 aromatic rings. The number of carbonyl (C=O) groups is 1. The third-order valence-electron chi connectivity index (χ3n) is 6.42. The summed E-state index contributed by atoms with van der Waals surface area (Å²) in [6, 6.07) is 7.52. The van der Waals surface area contributed by atoms with Crippen molar-refractivity contribution in [1.29, 1.82) is 5.26 Å². The summed E-state index contributed by atoms with van der Waals surface area (Å²) < 4.78 is 8.57. The van der Waals surface area contributed by atoms with Gasteiger partial charge in [-0.05, 0) is 64.8 Å². The molecule has 0 atom stereocenters. The molecule has 0 saturated carbocycles. The van der Waals surface area contributed by atoms with Crippen LogP contribution in [0, 0.1) is 23.7 Å². The van der Waals surface area contributed by atoms with Crippen molar-refractivity contribution in [3.63, 3.8) is 0 Å². The first kappa shape index (κ1) is 31.7. The van der Waals surface area contributed by atoms with Crippen LogP contribution < -0.4 is 16.0 Å². The third-order valence-corrected chi connectivity index (χ3v) is 8.19. The van der Waals surface area contributed by atoms with Crippen molar-refractivity contribution in [3.05, 3.63) is 67.0 Å². The number of carboxylic acid groups (broad SMARTS) is 1. The van der Waals surface area contributed by atoms with E-state index in [2.05, 4.69) is 26.1 Å². The number of aryl methyl sites for hydroxylation is 3. The lowest BCUT2D eigenvalue weighted by Gasteiger charge is -2.23. The van der Waals surface area contributed by atoms with E-state index in [-0.39, 0.29) is 18.5 Å². The van der Waals surface area contributed by atoms with Gasteiger partial charge in [0.15, 0.2) is 0 Å². The van der Waals surface area contributed by atoms with Crippen molar-refractivity contribution in [1.82, 2.24) is 24.1 Å². The largest absolute Gasteiger partial charge is 0.496 e. The minimum atomic E-state index is -1.75. The number of carboxylic acids is 1. The Labute approximate surface area is 248 Å². The quantitative estimate of drug-likeness (QED) is 0.291. The van der Waals surface area contributed by atoms with E-state index >= 15 is 0 Å². The van der Waals surface area contributed by atoms with Crippen LogP contribution in [0.2, 0.25) is 0 Å². The predicted octanol–water partition coefficient (Wildman–Crippen LogP) is 3.48. The zero-order chi connectivity index (χ0) is 30.7. The lowest BCUT2D eigenvalue weighted by Crippen LogP contribution is -2.52. The number of methoxy groups -OCH3 is 1. The van der Waals surface area contributed by atoms with E-state index < -0.39 is 28.2 Å². The number of thiophene rings is 1. The molecule has 3 heterocycles. The van der Waals surface area contributed by atoms with E-state index in [4.69, 9.17) is 15.1 Å². The number of aliphatic carboxylic acids is 1. The summed E-state index contributed by atoms with van der Waals surface area (Å²) in [7, 11) is 1.57. The first-order valence-corrected chi connectivity index (χ1v) is 14.0. The van der Waals surface area contributed by atoms with Crippen LogP contribution in [0.1, 0.15) is 38.8 Å². The number of nitrogens with zero attached hydrogens (tertiary/aromatic N) is 6. The number of ether oxygens (including phenoxy) is 1. The molecule has 2 N–H and O–H groups in total. The fourth-order valence-corrected chi connectivity index (χ4v) is 5.49. The molecular formula is C27H31BrN6O6S. The molecule has 218 valence electrons. The summed E-state index contributed by atoms with van der Waals surface area (Å²) in [5, 5.41) is 35.5. The number of nitriles is 1. The van der Waals surface area contributed by atoms with E-state index in [9.17, 15) is 19.5 Å². The van der Waals surface area contributed by atoms with Gasteiger partial charge in [-0.3, -0.25) is 9.36 Å². The minimum Gasteiger partial charge on any atom is -0.496 e. The van der Waals surface area contributed by atoms with E-state index in [1.807, 2.05) is 24.3 Å². The molecule has 0 bridgehead atoms. The Morgan fingerprint density at radius 1 is 1.20 bits per heavy atom. The van der Waals surface area contributed by atoms with Crippen molar-refractivity contribution >= 4 is 43.5 Å². The summed E-state index contributed by atoms with van der Waals surface area (Å²) >= 11 is 4.67. The van der Waals surface area contributed by atoms with Crippen molar-refractivity contribution in [2.75, 3.05) is 13.7 Å². The maximum Gasteiger partial charge on any atom is 0.333 e. The molecule has 0 fully saturated rings. The molecular weight excluding hydrogens is 616 g/mol. The molecule has 0 aliphatic heterocycles. The van der Waals surface area contributed by atoms with Gasteiger partial charge in [-0.1, -0.05) is 27.3 Å². The zero-order valence-corrected chi connectivity index (χ0v) is 25.9. The second-order valence-corrected chi connectivity index (χ2v) is 12.2. The van der Waals surface area contributed by atoms with Gasteiger partial charge in [-0.15, -0.1) is 4.80 Å². The Morgan fingerprint density at radius 3 is 2.34 bits per heavy atom. The van der Waals surface area contributed by atoms with E-state index in [1.54, 1.807) is 27.9 Å². The number of halogens is 1. The number of aliphatic hydroxyl groups is 1. The zero-order valence-electron chi connectivity index (χ0n) is 23.5. The number of benzene rings is 1. The molecule has 0 spiro atoms. The lowest BCUT2D eigenvalue weighted by atomic mass is 9.98. The van der Waals surface area contributed by atoms with Gasteiger partial charge in [-0.2, -0.15) is 15.5 Å². The van der Waals surface area contributed by atoms with Crippen LogP contribution in [0.5, 0.6) is 5.75 Å². The first-order chi connectivity index (χ1) is 19.2. The average molecular weight is 648 g/mol. The fraction of sp³-hybridized carbons (Fsp3) is 0.407. The average Bonchev–Trinajstić information content (AvgIpc) is 3.57. The highest BCUT2D eigenvalue weighted by Gasteiger charge is 2.35. The summed E-state index contributed by atoms with van der Waals surface area (Å²) in [5.41, 5.74) is -2.23. The van der Waals surface area contributed by atoms with Crippen molar-refractivity contribution in [2.45, 2.75) is 53.1 Å². The van der Waals surface area contributed by atoms with Gasteiger partial charge < -0.3 is 14.9 Å². The number of hydrogen-bond donors (Lipinski definition) is 2. The highest BCUT2D eigenvalue weighted by Crippen LogP contribution is 2.31. The maximum absolute atomic E-state index is 13.6. The number of hydrogen-bond acceptors (Lipinski definition) is 9. The van der Waals surface area contributed by atoms with Crippen LogP contribution in [0.15, 0.2) is 44.7 Å². The standard InChI is InChI=1S/C22H22BrN5O5S.C5H9NO/c1-12-16-17(29)27(22(2,3)20(30)31)21(32)26(19(16)34-18(12)28-24-8-9-25-28)10-7-13-11-14(23)5-6-15(13)33-4;1-5(2,3-6)4-7/h5-6,8-9,11H,7,10H2,1-4H3,(H,30,31);7H,4H2,1-2H3. The molecule has 0 aliphatic carbocycles. The van der Waals surface area contributed by atoms with E-state index in [0.29, 0.717) is 27.6 Å². The van der Waals surface area contributed by atoms with Crippen LogP contribution >= 0.6 is 27.3 Å². The van der Waals surface area contributed by atoms with Crippen LogP contribution in [-0.2, 0) is 23.3 Å². The fourth-order valence-electron chi connectivity index (χ4n) is 3.84. The number of aromatic nitrogens is 5. The van der Waals surface area contributed by atoms with Gasteiger partial charge in [0.25, 0.3) is 5.56 Å². The summed E-state index contributed by atoms with van der Waals surface area (Å²) in [5.74, 6) is -0.622. The normalized spacial score (nSPS) is 11.6. The number of fused-ring (bicyclic) bond motifs is 1.